The Balaban J connectivity index is 1.87. The second kappa shape index (κ2) is 10.1. The van der Waals surface area contributed by atoms with Crippen molar-refractivity contribution in [2.24, 2.45) is 45.3 Å². The molecule has 0 aromatic heterocycles. The molecule has 0 aromatic carbocycles. The fourth-order valence-electron chi connectivity index (χ4n) is 9.45. The fraction of sp³-hybridized carbons (Fsp3) is 0.781. The Hall–Kier alpha value is -2.39. The molecule has 228 valence electrons. The van der Waals surface area contributed by atoms with Crippen LogP contribution in [0, 0.1) is 45.3 Å². The standard InChI is InChI=1S/C32H46O9/c1-15(11-18(34)12-16(2)28(39)40)19-13-23(37)32(8)24-20(35)14-21-29(4,5)22(36)9-10-30(21,6)25(24)26(38)27(31(19,32)7)41-17(3)33/h15-16,19-22,27,35-36H,9-14H2,1-8H3,(H,39,40)/t15-,16?,19-,20?,21+,22?,27?,30+,31+,32+/m1/s1. The van der Waals surface area contributed by atoms with Crippen molar-refractivity contribution in [3.63, 3.8) is 0 Å². The number of carbonyl (C=O) groups is 5. The van der Waals surface area contributed by atoms with Gasteiger partial charge in [0.15, 0.2) is 6.10 Å². The summed E-state index contributed by atoms with van der Waals surface area (Å²) in [4.78, 5) is 65.5. The van der Waals surface area contributed by atoms with Crippen molar-refractivity contribution < 1.29 is 44.0 Å². The highest BCUT2D eigenvalue weighted by Gasteiger charge is 2.74. The SMILES string of the molecule is CC(=O)OC1C(=O)C2=C(C(O)C[C@H]3C(C)(C)C(O)CC[C@]23C)[C@]2(C)C(=O)C[C@H]([C@H](C)CC(=O)CC(C)C(=O)O)[C@@]12C. The van der Waals surface area contributed by atoms with E-state index in [2.05, 4.69) is 0 Å². The van der Waals surface area contributed by atoms with Crippen molar-refractivity contribution in [3.8, 4) is 0 Å². The van der Waals surface area contributed by atoms with Gasteiger partial charge in [0, 0.05) is 37.2 Å². The molecule has 4 rings (SSSR count). The van der Waals surface area contributed by atoms with Crippen LogP contribution in [0.25, 0.3) is 0 Å². The van der Waals surface area contributed by atoms with Crippen molar-refractivity contribution in [1.82, 2.24) is 0 Å². The van der Waals surface area contributed by atoms with Gasteiger partial charge < -0.3 is 20.1 Å². The Kier molecular flexibility index (Phi) is 7.78. The molecule has 0 aromatic rings. The average molecular weight is 575 g/mol. The molecule has 2 fully saturated rings. The summed E-state index contributed by atoms with van der Waals surface area (Å²) in [6, 6.07) is 0. The number of ketones is 3. The van der Waals surface area contributed by atoms with Crippen LogP contribution in [0.15, 0.2) is 11.1 Å². The van der Waals surface area contributed by atoms with Crippen LogP contribution < -0.4 is 0 Å². The second-order valence-corrected chi connectivity index (χ2v) is 14.5. The Morgan fingerprint density at radius 1 is 1.02 bits per heavy atom. The number of ether oxygens (including phenoxy) is 1. The number of rotatable bonds is 7. The lowest BCUT2D eigenvalue weighted by Crippen LogP contribution is -2.65. The Labute approximate surface area is 242 Å². The molecular formula is C32H46O9. The largest absolute Gasteiger partial charge is 0.481 e. The van der Waals surface area contributed by atoms with E-state index in [4.69, 9.17) is 4.74 Å². The minimum absolute atomic E-state index is 0.0164. The normalized spacial score (nSPS) is 41.2. The number of carbonyl (C=O) groups excluding carboxylic acids is 4. The first kappa shape index (κ1) is 31.5. The van der Waals surface area contributed by atoms with Gasteiger partial charge in [0.2, 0.25) is 5.78 Å². The van der Waals surface area contributed by atoms with E-state index in [0.717, 1.165) is 0 Å². The smallest absolute Gasteiger partial charge is 0.306 e. The maximum atomic E-state index is 14.6. The molecule has 4 unspecified atom stereocenters. The monoisotopic (exact) mass is 574 g/mol. The minimum Gasteiger partial charge on any atom is -0.481 e. The number of esters is 1. The first-order valence-electron chi connectivity index (χ1n) is 14.9. The fourth-order valence-corrected chi connectivity index (χ4v) is 9.45. The highest BCUT2D eigenvalue weighted by molar-refractivity contribution is 6.08. The van der Waals surface area contributed by atoms with E-state index in [-0.39, 0.29) is 43.2 Å². The van der Waals surface area contributed by atoms with E-state index in [1.807, 2.05) is 27.7 Å². The Morgan fingerprint density at radius 3 is 2.20 bits per heavy atom. The number of carboxylic acid groups (broad SMARTS) is 1. The quantitative estimate of drug-likeness (QED) is 0.386. The molecule has 4 aliphatic rings. The van der Waals surface area contributed by atoms with Gasteiger partial charge in [-0.15, -0.1) is 0 Å². The van der Waals surface area contributed by atoms with Gasteiger partial charge in [-0.3, -0.25) is 24.0 Å². The summed E-state index contributed by atoms with van der Waals surface area (Å²) in [5.74, 6) is -4.60. The van der Waals surface area contributed by atoms with Gasteiger partial charge in [-0.2, -0.15) is 0 Å². The molecule has 2 saturated carbocycles. The van der Waals surface area contributed by atoms with E-state index in [1.54, 1.807) is 13.8 Å². The van der Waals surface area contributed by atoms with Crippen molar-refractivity contribution in [2.75, 3.05) is 0 Å². The summed E-state index contributed by atoms with van der Waals surface area (Å²) in [6.45, 7) is 13.9. The van der Waals surface area contributed by atoms with Crippen molar-refractivity contribution in [3.05, 3.63) is 11.1 Å². The molecule has 0 radical (unpaired) electrons. The van der Waals surface area contributed by atoms with Gasteiger partial charge >= 0.3 is 11.9 Å². The van der Waals surface area contributed by atoms with Gasteiger partial charge in [-0.05, 0) is 60.3 Å². The maximum Gasteiger partial charge on any atom is 0.306 e. The van der Waals surface area contributed by atoms with Crippen molar-refractivity contribution >= 4 is 29.3 Å². The minimum atomic E-state index is -1.33. The molecular weight excluding hydrogens is 528 g/mol. The molecule has 3 N–H and O–H groups in total. The lowest BCUT2D eigenvalue weighted by Gasteiger charge is -2.62. The van der Waals surface area contributed by atoms with Crippen LogP contribution in [0.5, 0.6) is 0 Å². The summed E-state index contributed by atoms with van der Waals surface area (Å²) in [5, 5.41) is 31.9. The number of aliphatic carboxylic acids is 1. The number of hydrogen-bond acceptors (Lipinski definition) is 8. The summed E-state index contributed by atoms with van der Waals surface area (Å²) >= 11 is 0. The Morgan fingerprint density at radius 2 is 1.63 bits per heavy atom. The number of aliphatic hydroxyl groups is 2. The third kappa shape index (κ3) is 4.36. The Bertz CT molecular complexity index is 1220. The van der Waals surface area contributed by atoms with Gasteiger partial charge in [-0.1, -0.05) is 41.5 Å². The number of carboxylic acids is 1. The third-order valence-electron chi connectivity index (χ3n) is 12.0. The maximum absolute atomic E-state index is 14.6. The molecule has 0 heterocycles. The summed E-state index contributed by atoms with van der Waals surface area (Å²) in [5.41, 5.74) is -3.15. The number of aliphatic hydroxyl groups excluding tert-OH is 2. The van der Waals surface area contributed by atoms with Crippen LogP contribution in [0.3, 0.4) is 0 Å². The van der Waals surface area contributed by atoms with Crippen molar-refractivity contribution in [2.45, 2.75) is 112 Å². The van der Waals surface area contributed by atoms with Gasteiger partial charge in [0.05, 0.1) is 23.5 Å². The van der Waals surface area contributed by atoms with Crippen molar-refractivity contribution in [1.29, 1.82) is 0 Å². The molecule has 0 amide bonds. The highest BCUT2D eigenvalue weighted by atomic mass is 16.5. The molecule has 9 heteroatoms. The molecule has 0 saturated heterocycles. The average Bonchev–Trinajstić information content (AvgIpc) is 3.07. The van der Waals surface area contributed by atoms with Crippen LogP contribution >= 0.6 is 0 Å². The van der Waals surface area contributed by atoms with E-state index in [0.29, 0.717) is 24.0 Å². The number of hydrogen-bond donors (Lipinski definition) is 3. The molecule has 0 bridgehead atoms. The van der Waals surface area contributed by atoms with Crippen LogP contribution in [-0.2, 0) is 28.7 Å². The van der Waals surface area contributed by atoms with Gasteiger partial charge in [0.25, 0.3) is 0 Å². The predicted molar refractivity (Wildman–Crippen MR) is 148 cm³/mol. The summed E-state index contributed by atoms with van der Waals surface area (Å²) in [6.07, 6.45) is -1.87. The zero-order valence-corrected chi connectivity index (χ0v) is 25.6. The first-order chi connectivity index (χ1) is 18.8. The topological polar surface area (TPSA) is 155 Å². The molecule has 0 aliphatic heterocycles. The van der Waals surface area contributed by atoms with E-state index >= 15 is 0 Å². The van der Waals surface area contributed by atoms with E-state index < -0.39 is 75.4 Å². The van der Waals surface area contributed by atoms with E-state index in [1.165, 1.54) is 13.8 Å². The first-order valence-corrected chi connectivity index (χ1v) is 14.9. The zero-order valence-electron chi connectivity index (χ0n) is 25.6. The zero-order chi connectivity index (χ0) is 31.0. The summed E-state index contributed by atoms with van der Waals surface area (Å²) < 4.78 is 5.83. The second-order valence-electron chi connectivity index (χ2n) is 14.5. The van der Waals surface area contributed by atoms with Crippen LogP contribution in [0.2, 0.25) is 0 Å². The predicted octanol–water partition coefficient (Wildman–Crippen LogP) is 3.67. The number of Topliss-reactive ketones (excluding diaryl/α,β-unsaturated/α-hetero) is 3. The number of fused-ring (bicyclic) bond motifs is 4. The van der Waals surface area contributed by atoms with Gasteiger partial charge in [-0.25, -0.2) is 0 Å². The molecule has 4 aliphatic carbocycles. The molecule has 41 heavy (non-hydrogen) atoms. The van der Waals surface area contributed by atoms with E-state index in [9.17, 15) is 39.3 Å². The third-order valence-corrected chi connectivity index (χ3v) is 12.0. The van der Waals surface area contributed by atoms with Crippen LogP contribution in [0.4, 0.5) is 0 Å². The molecule has 9 nitrogen and oxygen atoms in total. The highest BCUT2D eigenvalue weighted by Crippen LogP contribution is 2.71. The van der Waals surface area contributed by atoms with Crippen LogP contribution in [0.1, 0.15) is 93.9 Å². The lowest BCUT2D eigenvalue weighted by atomic mass is 9.41. The van der Waals surface area contributed by atoms with Crippen LogP contribution in [-0.4, -0.2) is 62.9 Å². The molecule has 0 spiro atoms. The summed E-state index contributed by atoms with van der Waals surface area (Å²) in [7, 11) is 0. The lowest BCUT2D eigenvalue weighted by molar-refractivity contribution is -0.178. The molecule has 10 atom stereocenters. The van der Waals surface area contributed by atoms with Gasteiger partial charge in [0.1, 0.15) is 11.6 Å².